The van der Waals surface area contributed by atoms with E-state index in [4.69, 9.17) is 16.0 Å². The van der Waals surface area contributed by atoms with E-state index in [1.807, 2.05) is 24.3 Å². The van der Waals surface area contributed by atoms with Gasteiger partial charge in [-0.05, 0) is 35.2 Å². The van der Waals surface area contributed by atoms with Crippen LogP contribution in [0, 0.1) is 0 Å². The second kappa shape index (κ2) is 7.34. The third kappa shape index (κ3) is 3.92. The molecule has 2 aromatic carbocycles. The molecule has 0 aliphatic carbocycles. The Balaban J connectivity index is 1.51. The first kappa shape index (κ1) is 17.5. The molecule has 1 amide bonds. The second-order valence-corrected chi connectivity index (χ2v) is 7.43. The lowest BCUT2D eigenvalue weighted by atomic mass is 10.1. The third-order valence-corrected chi connectivity index (χ3v) is 5.12. The molecule has 4 rings (SSSR count). The Morgan fingerprint density at radius 1 is 1.15 bits per heavy atom. The number of benzene rings is 2. The van der Waals surface area contributed by atoms with Crippen molar-refractivity contribution in [3.05, 3.63) is 92.4 Å². The van der Waals surface area contributed by atoms with Crippen LogP contribution in [0.5, 0.6) is 0 Å². The van der Waals surface area contributed by atoms with Crippen LogP contribution in [-0.2, 0) is 6.42 Å². The average molecular weight is 397 g/mol. The van der Waals surface area contributed by atoms with Crippen LogP contribution in [-0.4, -0.2) is 10.9 Å². The van der Waals surface area contributed by atoms with Crippen molar-refractivity contribution in [2.75, 3.05) is 5.32 Å². The molecular weight excluding hydrogens is 384 g/mol. The van der Waals surface area contributed by atoms with E-state index in [1.54, 1.807) is 36.5 Å². The van der Waals surface area contributed by atoms with Gasteiger partial charge in [-0.15, -0.1) is 11.3 Å². The highest BCUT2D eigenvalue weighted by molar-refractivity contribution is 7.15. The summed E-state index contributed by atoms with van der Waals surface area (Å²) >= 11 is 7.26. The topological polar surface area (TPSA) is 72.2 Å². The summed E-state index contributed by atoms with van der Waals surface area (Å²) in [6.45, 7) is 0. The molecule has 0 saturated carbocycles. The number of anilines is 1. The van der Waals surface area contributed by atoms with E-state index in [0.29, 0.717) is 27.3 Å². The predicted molar refractivity (Wildman–Crippen MR) is 107 cm³/mol. The van der Waals surface area contributed by atoms with Gasteiger partial charge in [0.15, 0.2) is 10.9 Å². The van der Waals surface area contributed by atoms with Gasteiger partial charge in [0.05, 0.1) is 5.39 Å². The molecule has 0 saturated heterocycles. The largest absolute Gasteiger partial charge is 0.417 e. The van der Waals surface area contributed by atoms with Crippen molar-refractivity contribution in [3.63, 3.8) is 0 Å². The monoisotopic (exact) mass is 396 g/mol. The Kier molecular flexibility index (Phi) is 4.75. The van der Waals surface area contributed by atoms with Gasteiger partial charge < -0.3 is 4.42 Å². The minimum atomic E-state index is -0.541. The van der Waals surface area contributed by atoms with Crippen molar-refractivity contribution in [3.8, 4) is 0 Å². The fourth-order valence-electron chi connectivity index (χ4n) is 2.66. The van der Waals surface area contributed by atoms with Gasteiger partial charge in [-0.1, -0.05) is 41.9 Å². The Hall–Kier alpha value is -2.96. The molecule has 4 aromatic rings. The van der Waals surface area contributed by atoms with Crippen molar-refractivity contribution >= 4 is 44.7 Å². The Morgan fingerprint density at radius 3 is 2.74 bits per heavy atom. The molecule has 0 fully saturated rings. The van der Waals surface area contributed by atoms with Gasteiger partial charge in [0, 0.05) is 22.5 Å². The molecule has 1 N–H and O–H groups in total. The standard InChI is InChI=1S/C20H13ClN2O3S/c21-14-7-5-12(6-8-14)9-15-11-22-20(27-15)23-18(24)17-10-13-3-1-2-4-16(13)19(25)26-17/h1-8,10-11H,9H2,(H,22,23,24). The van der Waals surface area contributed by atoms with Gasteiger partial charge in [-0.3, -0.25) is 10.1 Å². The number of rotatable bonds is 4. The van der Waals surface area contributed by atoms with Gasteiger partial charge in [0.25, 0.3) is 5.91 Å². The van der Waals surface area contributed by atoms with Crippen LogP contribution in [0.3, 0.4) is 0 Å². The number of fused-ring (bicyclic) bond motifs is 1. The zero-order valence-electron chi connectivity index (χ0n) is 13.9. The van der Waals surface area contributed by atoms with E-state index < -0.39 is 11.5 Å². The molecule has 0 atom stereocenters. The van der Waals surface area contributed by atoms with Crippen LogP contribution in [0.25, 0.3) is 10.8 Å². The van der Waals surface area contributed by atoms with Gasteiger partial charge >= 0.3 is 5.63 Å². The maximum absolute atomic E-state index is 12.4. The second-order valence-electron chi connectivity index (χ2n) is 5.87. The lowest BCUT2D eigenvalue weighted by Crippen LogP contribution is -2.14. The summed E-state index contributed by atoms with van der Waals surface area (Å²) in [6, 6.07) is 16.1. The Bertz CT molecular complexity index is 1180. The van der Waals surface area contributed by atoms with E-state index in [9.17, 15) is 9.59 Å². The predicted octanol–water partition coefficient (Wildman–Crippen LogP) is 4.75. The number of amides is 1. The highest BCUT2D eigenvalue weighted by Gasteiger charge is 2.14. The summed E-state index contributed by atoms with van der Waals surface area (Å²) in [7, 11) is 0. The summed E-state index contributed by atoms with van der Waals surface area (Å²) in [4.78, 5) is 29.7. The smallest absolute Gasteiger partial charge is 0.344 e. The van der Waals surface area contributed by atoms with Crippen LogP contribution in [0.15, 0.2) is 70.0 Å². The molecule has 27 heavy (non-hydrogen) atoms. The molecule has 0 aliphatic rings. The molecular formula is C20H13ClN2O3S. The molecule has 0 radical (unpaired) electrons. The molecule has 2 heterocycles. The zero-order chi connectivity index (χ0) is 18.8. The van der Waals surface area contributed by atoms with Crippen LogP contribution < -0.4 is 10.9 Å². The first-order valence-corrected chi connectivity index (χ1v) is 9.31. The van der Waals surface area contributed by atoms with E-state index in [0.717, 1.165) is 10.4 Å². The Morgan fingerprint density at radius 2 is 1.93 bits per heavy atom. The third-order valence-electron chi connectivity index (χ3n) is 3.96. The molecule has 0 unspecified atom stereocenters. The number of hydrogen-bond donors (Lipinski definition) is 1. The summed E-state index contributed by atoms with van der Waals surface area (Å²) in [5.74, 6) is -0.557. The van der Waals surface area contributed by atoms with Crippen molar-refractivity contribution < 1.29 is 9.21 Å². The molecule has 0 aliphatic heterocycles. The van der Waals surface area contributed by atoms with Crippen molar-refractivity contribution in [1.82, 2.24) is 4.98 Å². The van der Waals surface area contributed by atoms with Crippen LogP contribution in [0.4, 0.5) is 5.13 Å². The number of hydrogen-bond acceptors (Lipinski definition) is 5. The van der Waals surface area contributed by atoms with Gasteiger partial charge in [0.2, 0.25) is 0 Å². The van der Waals surface area contributed by atoms with Gasteiger partial charge in [-0.25, -0.2) is 9.78 Å². The first-order valence-electron chi connectivity index (χ1n) is 8.12. The maximum Gasteiger partial charge on any atom is 0.344 e. The number of thiazole rings is 1. The number of carbonyl (C=O) groups is 1. The molecule has 7 heteroatoms. The van der Waals surface area contributed by atoms with E-state index in [1.165, 1.54) is 11.3 Å². The highest BCUT2D eigenvalue weighted by Crippen LogP contribution is 2.23. The number of nitrogens with zero attached hydrogens (tertiary/aromatic N) is 1. The molecule has 0 bridgehead atoms. The highest BCUT2D eigenvalue weighted by atomic mass is 35.5. The first-order chi connectivity index (χ1) is 13.1. The minimum absolute atomic E-state index is 0.0480. The zero-order valence-corrected chi connectivity index (χ0v) is 15.5. The SMILES string of the molecule is O=C(Nc1ncc(Cc2ccc(Cl)cc2)s1)c1cc2ccccc2c(=O)o1. The lowest BCUT2D eigenvalue weighted by Gasteiger charge is -2.02. The molecule has 0 spiro atoms. The number of carbonyl (C=O) groups excluding carboxylic acids is 1. The van der Waals surface area contributed by atoms with Crippen LogP contribution in [0.2, 0.25) is 5.02 Å². The van der Waals surface area contributed by atoms with Crippen LogP contribution in [0.1, 0.15) is 21.0 Å². The minimum Gasteiger partial charge on any atom is -0.417 e. The molecule has 2 aromatic heterocycles. The van der Waals surface area contributed by atoms with Crippen LogP contribution >= 0.6 is 22.9 Å². The van der Waals surface area contributed by atoms with Crippen molar-refractivity contribution in [1.29, 1.82) is 0 Å². The van der Waals surface area contributed by atoms with Crippen molar-refractivity contribution in [2.45, 2.75) is 6.42 Å². The summed E-state index contributed by atoms with van der Waals surface area (Å²) in [5.41, 5.74) is 0.558. The number of aromatic nitrogens is 1. The summed E-state index contributed by atoms with van der Waals surface area (Å²) in [5, 5.41) is 4.90. The summed E-state index contributed by atoms with van der Waals surface area (Å²) in [6.07, 6.45) is 2.40. The van der Waals surface area contributed by atoms with E-state index in [2.05, 4.69) is 10.3 Å². The fraction of sp³-hybridized carbons (Fsp3) is 0.0500. The van der Waals surface area contributed by atoms with Crippen molar-refractivity contribution in [2.24, 2.45) is 0 Å². The number of nitrogens with one attached hydrogen (secondary N) is 1. The van der Waals surface area contributed by atoms with Gasteiger partial charge in [-0.2, -0.15) is 0 Å². The summed E-state index contributed by atoms with van der Waals surface area (Å²) < 4.78 is 5.13. The molecule has 134 valence electrons. The van der Waals surface area contributed by atoms with E-state index in [-0.39, 0.29) is 5.76 Å². The quantitative estimate of drug-likeness (QED) is 0.540. The average Bonchev–Trinajstić information content (AvgIpc) is 3.10. The molecule has 5 nitrogen and oxygen atoms in total. The Labute approximate surface area is 163 Å². The van der Waals surface area contributed by atoms with E-state index >= 15 is 0 Å². The number of halogens is 1. The lowest BCUT2D eigenvalue weighted by molar-refractivity contribution is 0.0993. The fourth-order valence-corrected chi connectivity index (χ4v) is 3.62. The normalized spacial score (nSPS) is 10.9. The van der Waals surface area contributed by atoms with Gasteiger partial charge in [0.1, 0.15) is 0 Å². The maximum atomic E-state index is 12.4.